The molecule has 0 N–H and O–H groups in total. The third-order valence-corrected chi connectivity index (χ3v) is 3.99. The highest BCUT2D eigenvalue weighted by molar-refractivity contribution is 6.18. The van der Waals surface area contributed by atoms with Gasteiger partial charge in [0.25, 0.3) is 0 Å². The summed E-state index contributed by atoms with van der Waals surface area (Å²) in [5.41, 5.74) is 5.57. The van der Waals surface area contributed by atoms with Gasteiger partial charge in [0.05, 0.1) is 0 Å². The molecule has 122 valence electrons. The fourth-order valence-corrected chi connectivity index (χ4v) is 2.18. The second kappa shape index (κ2) is 13.4. The quantitative estimate of drug-likeness (QED) is 0.421. The molecule has 3 heteroatoms. The van der Waals surface area contributed by atoms with Crippen molar-refractivity contribution in [2.24, 2.45) is 0 Å². The zero-order valence-electron chi connectivity index (χ0n) is 14.0. The van der Waals surface area contributed by atoms with E-state index in [9.17, 15) is 0 Å². The highest BCUT2D eigenvalue weighted by Gasteiger charge is 1.95. The Morgan fingerprint density at radius 1 is 0.667 bits per heavy atom. The lowest BCUT2D eigenvalue weighted by Crippen LogP contribution is -1.97. The van der Waals surface area contributed by atoms with Crippen molar-refractivity contribution in [2.45, 2.75) is 53.4 Å². The highest BCUT2D eigenvalue weighted by atomic mass is 35.5. The van der Waals surface area contributed by atoms with E-state index in [-0.39, 0.29) is 0 Å². The summed E-state index contributed by atoms with van der Waals surface area (Å²) in [7, 11) is 0. The van der Waals surface area contributed by atoms with Crippen molar-refractivity contribution >= 4 is 23.2 Å². The van der Waals surface area contributed by atoms with Crippen LogP contribution in [0.4, 0.5) is 0 Å². The van der Waals surface area contributed by atoms with Gasteiger partial charge < -0.3 is 4.74 Å². The van der Waals surface area contributed by atoms with Gasteiger partial charge in [-0.15, -0.1) is 23.2 Å². The zero-order valence-corrected chi connectivity index (χ0v) is 15.5. The summed E-state index contributed by atoms with van der Waals surface area (Å²) in [5.74, 6) is 1.48. The molecule has 0 radical (unpaired) electrons. The molecule has 0 bridgehead atoms. The third kappa shape index (κ3) is 11.0. The predicted molar refractivity (Wildman–Crippen MR) is 96.1 cm³/mol. The number of ether oxygens (including phenoxy) is 1. The number of benzene rings is 1. The lowest BCUT2D eigenvalue weighted by Gasteiger charge is -2.04. The van der Waals surface area contributed by atoms with Gasteiger partial charge in [-0.3, -0.25) is 0 Å². The maximum atomic E-state index is 5.49. The second-order valence-electron chi connectivity index (χ2n) is 5.43. The smallest absolute Gasteiger partial charge is 0.0466 e. The van der Waals surface area contributed by atoms with Crippen molar-refractivity contribution < 1.29 is 4.74 Å². The number of unbranched alkanes of at least 4 members (excludes halogenated alkanes) is 2. The Labute approximate surface area is 141 Å². The van der Waals surface area contributed by atoms with Crippen molar-refractivity contribution in [1.82, 2.24) is 0 Å². The SMILES string of the molecule is Cc1cc(C)c(C)cc1C.ClCCCCOCCCCCl. The molecule has 0 aliphatic carbocycles. The van der Waals surface area contributed by atoms with Crippen LogP contribution in [0.25, 0.3) is 0 Å². The predicted octanol–water partition coefficient (Wildman–Crippen LogP) is 5.96. The Kier molecular flexibility index (Phi) is 13.3. The van der Waals surface area contributed by atoms with E-state index in [1.807, 2.05) is 0 Å². The Morgan fingerprint density at radius 2 is 1.00 bits per heavy atom. The van der Waals surface area contributed by atoms with Gasteiger partial charge in [-0.05, 0) is 75.6 Å². The van der Waals surface area contributed by atoms with Crippen LogP contribution in [0.3, 0.4) is 0 Å². The van der Waals surface area contributed by atoms with Crippen LogP contribution in [0.2, 0.25) is 0 Å². The first kappa shape index (κ1) is 20.8. The molecule has 0 saturated carbocycles. The topological polar surface area (TPSA) is 9.23 Å². The monoisotopic (exact) mass is 332 g/mol. The first-order valence-corrected chi connectivity index (χ1v) is 8.84. The van der Waals surface area contributed by atoms with E-state index in [1.165, 1.54) is 22.3 Å². The maximum Gasteiger partial charge on any atom is 0.0466 e. The van der Waals surface area contributed by atoms with Crippen molar-refractivity contribution in [2.75, 3.05) is 25.0 Å². The lowest BCUT2D eigenvalue weighted by molar-refractivity contribution is 0.128. The van der Waals surface area contributed by atoms with E-state index >= 15 is 0 Å². The Morgan fingerprint density at radius 3 is 1.29 bits per heavy atom. The highest BCUT2D eigenvalue weighted by Crippen LogP contribution is 2.13. The Balaban J connectivity index is 0.000000382. The van der Waals surface area contributed by atoms with Gasteiger partial charge in [-0.1, -0.05) is 12.1 Å². The molecule has 0 amide bonds. The van der Waals surface area contributed by atoms with Crippen LogP contribution in [0.5, 0.6) is 0 Å². The summed E-state index contributed by atoms with van der Waals surface area (Å²) in [6.07, 6.45) is 4.25. The molecule has 0 heterocycles. The number of hydrogen-bond donors (Lipinski definition) is 0. The molecule has 1 nitrogen and oxygen atoms in total. The second-order valence-corrected chi connectivity index (χ2v) is 6.18. The van der Waals surface area contributed by atoms with Crippen LogP contribution in [0.15, 0.2) is 12.1 Å². The van der Waals surface area contributed by atoms with E-state index in [1.54, 1.807) is 0 Å². The minimum absolute atomic E-state index is 0.741. The Hall–Kier alpha value is -0.240. The van der Waals surface area contributed by atoms with Gasteiger partial charge in [0, 0.05) is 25.0 Å². The molecule has 0 unspecified atom stereocenters. The van der Waals surface area contributed by atoms with Gasteiger partial charge in [0.2, 0.25) is 0 Å². The average Bonchev–Trinajstić information content (AvgIpc) is 2.45. The molecule has 1 rings (SSSR count). The van der Waals surface area contributed by atoms with Crippen LogP contribution in [0.1, 0.15) is 47.9 Å². The summed E-state index contributed by atoms with van der Waals surface area (Å²) in [6.45, 7) is 10.3. The Bertz CT molecular complexity index is 319. The number of aryl methyl sites for hydroxylation is 4. The first-order valence-electron chi connectivity index (χ1n) is 7.77. The number of halogens is 2. The summed E-state index contributed by atoms with van der Waals surface area (Å²) in [6, 6.07) is 4.48. The molecule has 0 aliphatic rings. The van der Waals surface area contributed by atoms with Crippen molar-refractivity contribution in [3.63, 3.8) is 0 Å². The molecular weight excluding hydrogens is 303 g/mol. The molecular formula is C18H30Cl2O. The maximum absolute atomic E-state index is 5.49. The number of rotatable bonds is 8. The molecule has 1 aromatic rings. The van der Waals surface area contributed by atoms with Crippen LogP contribution in [-0.4, -0.2) is 25.0 Å². The molecule has 0 aromatic heterocycles. The van der Waals surface area contributed by atoms with Crippen LogP contribution in [-0.2, 0) is 4.74 Å². The number of hydrogen-bond acceptors (Lipinski definition) is 1. The summed E-state index contributed by atoms with van der Waals surface area (Å²) < 4.78 is 5.32. The minimum atomic E-state index is 0.741. The van der Waals surface area contributed by atoms with E-state index in [4.69, 9.17) is 27.9 Å². The number of alkyl halides is 2. The molecule has 0 saturated heterocycles. The van der Waals surface area contributed by atoms with E-state index in [0.29, 0.717) is 0 Å². The first-order chi connectivity index (χ1) is 10.0. The van der Waals surface area contributed by atoms with Crippen LogP contribution < -0.4 is 0 Å². The fraction of sp³-hybridized carbons (Fsp3) is 0.667. The minimum Gasteiger partial charge on any atom is -0.381 e. The normalized spacial score (nSPS) is 10.2. The average molecular weight is 333 g/mol. The standard InChI is InChI=1S/C10H14.C8H16Cl2O/c1-7-5-9(3)10(4)6-8(7)2;9-5-1-3-7-11-8-4-2-6-10/h5-6H,1-4H3;1-8H2. The lowest BCUT2D eigenvalue weighted by atomic mass is 10.0. The van der Waals surface area contributed by atoms with Crippen molar-refractivity contribution in [1.29, 1.82) is 0 Å². The molecule has 0 fully saturated rings. The molecule has 1 aromatic carbocycles. The molecule has 0 aliphatic heterocycles. The van der Waals surface area contributed by atoms with Crippen LogP contribution >= 0.6 is 23.2 Å². The molecule has 21 heavy (non-hydrogen) atoms. The van der Waals surface area contributed by atoms with E-state index < -0.39 is 0 Å². The van der Waals surface area contributed by atoms with Gasteiger partial charge in [0.15, 0.2) is 0 Å². The van der Waals surface area contributed by atoms with Crippen LogP contribution in [0, 0.1) is 27.7 Å². The van der Waals surface area contributed by atoms with E-state index in [2.05, 4.69) is 39.8 Å². The van der Waals surface area contributed by atoms with Gasteiger partial charge in [0.1, 0.15) is 0 Å². The van der Waals surface area contributed by atoms with Crippen molar-refractivity contribution in [3.8, 4) is 0 Å². The third-order valence-electron chi connectivity index (χ3n) is 3.45. The zero-order chi connectivity index (χ0) is 16.1. The summed E-state index contributed by atoms with van der Waals surface area (Å²) >= 11 is 11.0. The van der Waals surface area contributed by atoms with Gasteiger partial charge in [-0.25, -0.2) is 0 Å². The van der Waals surface area contributed by atoms with Crippen molar-refractivity contribution in [3.05, 3.63) is 34.4 Å². The summed E-state index contributed by atoms with van der Waals surface area (Å²) in [4.78, 5) is 0. The van der Waals surface area contributed by atoms with E-state index in [0.717, 1.165) is 50.7 Å². The largest absolute Gasteiger partial charge is 0.381 e. The summed E-state index contributed by atoms with van der Waals surface area (Å²) in [5, 5.41) is 0. The molecule has 0 atom stereocenters. The van der Waals surface area contributed by atoms with Gasteiger partial charge in [-0.2, -0.15) is 0 Å². The fourth-order valence-electron chi connectivity index (χ4n) is 1.80. The molecule has 0 spiro atoms. The van der Waals surface area contributed by atoms with Gasteiger partial charge >= 0.3 is 0 Å².